The third-order valence-electron chi connectivity index (χ3n) is 2.42. The first-order valence-corrected chi connectivity index (χ1v) is 5.63. The molecular weight excluding hydrogens is 276 g/mol. The van der Waals surface area contributed by atoms with Crippen LogP contribution in [0, 0.1) is 0 Å². The van der Waals surface area contributed by atoms with Crippen molar-refractivity contribution in [1.82, 2.24) is 0 Å². The number of hydrogen-bond donors (Lipinski definition) is 1. The molecule has 0 bridgehead atoms. The van der Waals surface area contributed by atoms with E-state index >= 15 is 0 Å². The summed E-state index contributed by atoms with van der Waals surface area (Å²) in [7, 11) is 1.55. The lowest BCUT2D eigenvalue weighted by Gasteiger charge is -2.22. The second kappa shape index (κ2) is 3.82. The van der Waals surface area contributed by atoms with Crippen LogP contribution in [0.25, 0.3) is 0 Å². The van der Waals surface area contributed by atoms with E-state index in [4.69, 9.17) is 14.2 Å². The van der Waals surface area contributed by atoms with E-state index in [2.05, 4.69) is 15.9 Å². The van der Waals surface area contributed by atoms with Crippen molar-refractivity contribution in [3.63, 3.8) is 0 Å². The van der Waals surface area contributed by atoms with Crippen molar-refractivity contribution in [2.45, 2.75) is 19.4 Å². The van der Waals surface area contributed by atoms with Crippen LogP contribution in [0.5, 0.6) is 17.2 Å². The molecule has 2 rings (SSSR count). The predicted molar refractivity (Wildman–Crippen MR) is 62.1 cm³/mol. The maximum Gasteiger partial charge on any atom is 0.231 e. The van der Waals surface area contributed by atoms with Crippen molar-refractivity contribution in [2.24, 2.45) is 0 Å². The van der Waals surface area contributed by atoms with Crippen molar-refractivity contribution < 1.29 is 19.3 Å². The van der Waals surface area contributed by atoms with Gasteiger partial charge in [-0.15, -0.1) is 0 Å². The molecule has 4 nitrogen and oxygen atoms in total. The number of rotatable bonds is 2. The normalized spacial score (nSPS) is 14.1. The molecule has 1 heterocycles. The van der Waals surface area contributed by atoms with Crippen molar-refractivity contribution in [3.05, 3.63) is 16.1 Å². The van der Waals surface area contributed by atoms with E-state index < -0.39 is 5.60 Å². The summed E-state index contributed by atoms with van der Waals surface area (Å²) in [5.41, 5.74) is -0.347. The topological polar surface area (TPSA) is 47.9 Å². The molecule has 0 radical (unpaired) electrons. The zero-order valence-corrected chi connectivity index (χ0v) is 10.9. The monoisotopic (exact) mass is 288 g/mol. The summed E-state index contributed by atoms with van der Waals surface area (Å²) < 4.78 is 16.6. The Morgan fingerprint density at radius 3 is 2.69 bits per heavy atom. The van der Waals surface area contributed by atoms with E-state index in [1.807, 2.05) is 0 Å². The van der Waals surface area contributed by atoms with E-state index in [0.717, 1.165) is 0 Å². The summed E-state index contributed by atoms with van der Waals surface area (Å²) in [6, 6.07) is 1.74. The zero-order valence-electron chi connectivity index (χ0n) is 9.33. The maximum absolute atomic E-state index is 10.1. The molecule has 0 aliphatic carbocycles. The Morgan fingerprint density at radius 2 is 2.12 bits per heavy atom. The first-order valence-electron chi connectivity index (χ1n) is 4.84. The Labute approximate surface area is 102 Å². The lowest BCUT2D eigenvalue weighted by atomic mass is 9.97. The SMILES string of the molecule is COc1c(C(C)(C)O)cc2c(c1Br)OCO2. The summed E-state index contributed by atoms with van der Waals surface area (Å²) in [4.78, 5) is 0. The molecule has 1 aromatic rings. The van der Waals surface area contributed by atoms with Crippen molar-refractivity contribution in [1.29, 1.82) is 0 Å². The molecule has 0 atom stereocenters. The van der Waals surface area contributed by atoms with E-state index in [1.165, 1.54) is 0 Å². The molecule has 0 saturated carbocycles. The van der Waals surface area contributed by atoms with E-state index in [0.29, 0.717) is 27.3 Å². The highest BCUT2D eigenvalue weighted by Crippen LogP contribution is 2.49. The molecule has 16 heavy (non-hydrogen) atoms. The second-order valence-corrected chi connectivity index (χ2v) is 4.86. The van der Waals surface area contributed by atoms with Gasteiger partial charge in [0.05, 0.1) is 12.7 Å². The molecule has 88 valence electrons. The van der Waals surface area contributed by atoms with Crippen LogP contribution in [0.4, 0.5) is 0 Å². The fourth-order valence-electron chi connectivity index (χ4n) is 1.64. The standard InChI is InChI=1S/C11H13BrO4/c1-11(2,13)6-4-7-10(16-5-15-7)8(12)9(6)14-3/h4,13H,5H2,1-3H3. The Morgan fingerprint density at radius 1 is 1.44 bits per heavy atom. The molecule has 0 aromatic heterocycles. The summed E-state index contributed by atoms with van der Waals surface area (Å²) in [5.74, 6) is 1.80. The minimum absolute atomic E-state index is 0.187. The number of methoxy groups -OCH3 is 1. The van der Waals surface area contributed by atoms with Gasteiger partial charge in [-0.1, -0.05) is 0 Å². The number of fused-ring (bicyclic) bond motifs is 1. The quantitative estimate of drug-likeness (QED) is 0.908. The molecule has 0 unspecified atom stereocenters. The molecule has 0 fully saturated rings. The van der Waals surface area contributed by atoms with Gasteiger partial charge >= 0.3 is 0 Å². The molecule has 1 aliphatic rings. The lowest BCUT2D eigenvalue weighted by molar-refractivity contribution is 0.0753. The number of hydrogen-bond acceptors (Lipinski definition) is 4. The van der Waals surface area contributed by atoms with Gasteiger partial charge in [-0.2, -0.15) is 0 Å². The molecular formula is C11H13BrO4. The van der Waals surface area contributed by atoms with Gasteiger partial charge < -0.3 is 19.3 Å². The van der Waals surface area contributed by atoms with Gasteiger partial charge in [0.15, 0.2) is 11.5 Å². The summed E-state index contributed by atoms with van der Waals surface area (Å²) in [6.07, 6.45) is 0. The fraction of sp³-hybridized carbons (Fsp3) is 0.455. The van der Waals surface area contributed by atoms with Crippen molar-refractivity contribution in [2.75, 3.05) is 13.9 Å². The highest BCUT2D eigenvalue weighted by molar-refractivity contribution is 9.10. The Bertz CT molecular complexity index is 423. The van der Waals surface area contributed by atoms with Gasteiger partial charge in [0.1, 0.15) is 10.2 Å². The molecule has 5 heteroatoms. The smallest absolute Gasteiger partial charge is 0.231 e. The second-order valence-electron chi connectivity index (χ2n) is 4.06. The minimum Gasteiger partial charge on any atom is -0.495 e. The van der Waals surface area contributed by atoms with Crippen LogP contribution in [0.3, 0.4) is 0 Å². The number of halogens is 1. The maximum atomic E-state index is 10.1. The highest BCUT2D eigenvalue weighted by Gasteiger charge is 2.29. The Hall–Kier alpha value is -0.940. The van der Waals surface area contributed by atoms with Crippen LogP contribution >= 0.6 is 15.9 Å². The lowest BCUT2D eigenvalue weighted by Crippen LogP contribution is -2.17. The Balaban J connectivity index is 2.66. The summed E-state index contributed by atoms with van der Waals surface area (Å²) in [6.45, 7) is 3.57. The van der Waals surface area contributed by atoms with E-state index in [1.54, 1.807) is 27.0 Å². The molecule has 0 saturated heterocycles. The van der Waals surface area contributed by atoms with Crippen molar-refractivity contribution in [3.8, 4) is 17.2 Å². The Kier molecular flexibility index (Phi) is 2.75. The fourth-order valence-corrected chi connectivity index (χ4v) is 2.32. The molecule has 1 aromatic carbocycles. The van der Waals surface area contributed by atoms with Gasteiger partial charge in [0, 0.05) is 5.56 Å². The van der Waals surface area contributed by atoms with Crippen LogP contribution < -0.4 is 14.2 Å². The van der Waals surface area contributed by atoms with Crippen LogP contribution in [-0.4, -0.2) is 19.0 Å². The van der Waals surface area contributed by atoms with Gasteiger partial charge in [-0.05, 0) is 35.8 Å². The third kappa shape index (κ3) is 1.74. The molecule has 1 aliphatic heterocycles. The van der Waals surface area contributed by atoms with Gasteiger partial charge in [0.2, 0.25) is 6.79 Å². The largest absolute Gasteiger partial charge is 0.495 e. The van der Waals surface area contributed by atoms with Crippen LogP contribution in [0.1, 0.15) is 19.4 Å². The average molecular weight is 289 g/mol. The van der Waals surface area contributed by atoms with Crippen LogP contribution in [0.15, 0.2) is 10.5 Å². The number of benzene rings is 1. The van der Waals surface area contributed by atoms with E-state index in [9.17, 15) is 5.11 Å². The number of ether oxygens (including phenoxy) is 3. The molecule has 0 spiro atoms. The molecule has 1 N–H and O–H groups in total. The first-order chi connectivity index (χ1) is 7.45. The highest BCUT2D eigenvalue weighted by atomic mass is 79.9. The summed E-state index contributed by atoms with van der Waals surface area (Å²) >= 11 is 3.39. The van der Waals surface area contributed by atoms with E-state index in [-0.39, 0.29) is 6.79 Å². The van der Waals surface area contributed by atoms with Crippen molar-refractivity contribution >= 4 is 15.9 Å². The predicted octanol–water partition coefficient (Wildman–Crippen LogP) is 2.41. The van der Waals surface area contributed by atoms with Gasteiger partial charge in [-0.25, -0.2) is 0 Å². The van der Waals surface area contributed by atoms with Gasteiger partial charge in [-0.3, -0.25) is 0 Å². The first kappa shape index (κ1) is 11.5. The number of aliphatic hydroxyl groups is 1. The van der Waals surface area contributed by atoms with Crippen LogP contribution in [0.2, 0.25) is 0 Å². The zero-order chi connectivity index (χ0) is 11.9. The van der Waals surface area contributed by atoms with Gasteiger partial charge in [0.25, 0.3) is 0 Å². The average Bonchev–Trinajstić information content (AvgIpc) is 2.64. The van der Waals surface area contributed by atoms with Crippen LogP contribution in [-0.2, 0) is 5.60 Å². The summed E-state index contributed by atoms with van der Waals surface area (Å²) in [5, 5.41) is 10.1. The molecule has 0 amide bonds. The minimum atomic E-state index is -1.01. The third-order valence-corrected chi connectivity index (χ3v) is 3.14.